The van der Waals surface area contributed by atoms with Gasteiger partial charge in [-0.15, -0.1) is 0 Å². The molecule has 190 valence electrons. The van der Waals surface area contributed by atoms with Crippen molar-refractivity contribution in [3.05, 3.63) is 60.3 Å². The number of pyridine rings is 1. The molecule has 1 fully saturated rings. The number of benzene rings is 2. The smallest absolute Gasteiger partial charge is 0.412 e. The molecule has 0 spiro atoms. The predicted octanol–water partition coefficient (Wildman–Crippen LogP) is 4.34. The number of carbonyl (C=O) groups excluding carboxylic acids is 2. The number of para-hydroxylation sites is 1. The first kappa shape index (κ1) is 24.3. The number of aromatic nitrogens is 3. The molecule has 1 unspecified atom stereocenters. The van der Waals surface area contributed by atoms with Gasteiger partial charge < -0.3 is 19.1 Å². The minimum atomic E-state index is -0.626. The van der Waals surface area contributed by atoms with E-state index in [9.17, 15) is 9.59 Å². The van der Waals surface area contributed by atoms with Crippen molar-refractivity contribution < 1.29 is 23.8 Å². The number of amides is 2. The van der Waals surface area contributed by atoms with Crippen molar-refractivity contribution >= 4 is 28.7 Å². The number of aromatic amines is 1. The number of anilines is 1. The highest BCUT2D eigenvalue weighted by Crippen LogP contribution is 2.35. The van der Waals surface area contributed by atoms with E-state index in [-0.39, 0.29) is 12.0 Å². The van der Waals surface area contributed by atoms with Crippen LogP contribution in [0.25, 0.3) is 33.4 Å². The molecule has 5 rings (SSSR count). The molecule has 3 heterocycles. The van der Waals surface area contributed by atoms with Gasteiger partial charge in [0.05, 0.1) is 37.3 Å². The van der Waals surface area contributed by atoms with Crippen LogP contribution in [0.2, 0.25) is 0 Å². The van der Waals surface area contributed by atoms with Gasteiger partial charge in [-0.3, -0.25) is 15.2 Å². The van der Waals surface area contributed by atoms with Crippen molar-refractivity contribution in [1.29, 1.82) is 0 Å². The topological polar surface area (TPSA) is 119 Å². The van der Waals surface area contributed by atoms with E-state index in [1.54, 1.807) is 39.5 Å². The van der Waals surface area contributed by atoms with Gasteiger partial charge in [-0.25, -0.2) is 9.78 Å². The minimum absolute atomic E-state index is 0.256. The van der Waals surface area contributed by atoms with Crippen LogP contribution in [0.5, 0.6) is 5.75 Å². The number of carbonyl (C=O) groups is 2. The van der Waals surface area contributed by atoms with Crippen molar-refractivity contribution in [1.82, 2.24) is 20.1 Å². The number of methoxy groups -OCH3 is 1. The molecule has 2 amide bonds. The third kappa shape index (κ3) is 4.96. The molecule has 0 aliphatic carbocycles. The lowest BCUT2D eigenvalue weighted by atomic mass is 10.0. The third-order valence-corrected chi connectivity index (χ3v) is 6.17. The van der Waals surface area contributed by atoms with Crippen LogP contribution in [0.4, 0.5) is 10.5 Å². The third-order valence-electron chi connectivity index (χ3n) is 6.17. The Balaban J connectivity index is 1.51. The summed E-state index contributed by atoms with van der Waals surface area (Å²) in [7, 11) is 4.94. The Hall–Kier alpha value is -4.44. The van der Waals surface area contributed by atoms with Crippen molar-refractivity contribution in [2.75, 3.05) is 39.7 Å². The summed E-state index contributed by atoms with van der Waals surface area (Å²) in [6.07, 6.45) is 1.43. The molecule has 2 aromatic carbocycles. The van der Waals surface area contributed by atoms with Crippen molar-refractivity contribution in [3.63, 3.8) is 0 Å². The summed E-state index contributed by atoms with van der Waals surface area (Å²) in [6.45, 7) is 0.932. The van der Waals surface area contributed by atoms with Crippen molar-refractivity contribution in [2.24, 2.45) is 0 Å². The first-order valence-electron chi connectivity index (χ1n) is 11.8. The number of fused-ring (bicyclic) bond motifs is 1. The zero-order chi connectivity index (χ0) is 25.9. The molecule has 1 aliphatic heterocycles. The Kier molecular flexibility index (Phi) is 6.74. The van der Waals surface area contributed by atoms with Gasteiger partial charge in [0.1, 0.15) is 11.9 Å². The highest BCUT2D eigenvalue weighted by molar-refractivity contribution is 6.04. The summed E-state index contributed by atoms with van der Waals surface area (Å²) in [4.78, 5) is 31.5. The van der Waals surface area contributed by atoms with Gasteiger partial charge in [0.25, 0.3) is 5.91 Å². The van der Waals surface area contributed by atoms with E-state index in [4.69, 9.17) is 14.2 Å². The Morgan fingerprint density at radius 1 is 1.14 bits per heavy atom. The summed E-state index contributed by atoms with van der Waals surface area (Å²) in [5.74, 6) is 0.456. The lowest BCUT2D eigenvalue weighted by Crippen LogP contribution is -2.26. The molecule has 10 heteroatoms. The average molecular weight is 502 g/mol. The molecular weight excluding hydrogens is 474 g/mol. The summed E-state index contributed by atoms with van der Waals surface area (Å²) < 4.78 is 16.2. The zero-order valence-electron chi connectivity index (χ0n) is 20.8. The number of nitrogens with zero attached hydrogens (tertiary/aromatic N) is 3. The summed E-state index contributed by atoms with van der Waals surface area (Å²) in [5, 5.41) is 10.9. The van der Waals surface area contributed by atoms with E-state index in [2.05, 4.69) is 20.5 Å². The number of hydrogen-bond acceptors (Lipinski definition) is 7. The number of ether oxygens (including phenoxy) is 3. The highest BCUT2D eigenvalue weighted by Gasteiger charge is 2.22. The quantitative estimate of drug-likeness (QED) is 0.403. The predicted molar refractivity (Wildman–Crippen MR) is 139 cm³/mol. The number of nitrogens with one attached hydrogen (secondary N) is 2. The molecule has 4 aromatic rings. The Bertz CT molecular complexity index is 1460. The average Bonchev–Trinajstić information content (AvgIpc) is 3.57. The summed E-state index contributed by atoms with van der Waals surface area (Å²) in [6, 6.07) is 14.9. The molecule has 37 heavy (non-hydrogen) atoms. The molecule has 1 saturated heterocycles. The lowest BCUT2D eigenvalue weighted by molar-refractivity contribution is 0.0828. The fourth-order valence-corrected chi connectivity index (χ4v) is 4.26. The van der Waals surface area contributed by atoms with Crippen LogP contribution < -0.4 is 10.1 Å². The van der Waals surface area contributed by atoms with Gasteiger partial charge in [-0.2, -0.15) is 5.10 Å². The van der Waals surface area contributed by atoms with Gasteiger partial charge in [0, 0.05) is 43.2 Å². The second kappa shape index (κ2) is 10.3. The Morgan fingerprint density at radius 2 is 1.97 bits per heavy atom. The maximum Gasteiger partial charge on any atom is 0.412 e. The zero-order valence-corrected chi connectivity index (χ0v) is 20.8. The SMILES string of the molecule is COc1ccccc1-c1[nH]nc2ncc(-c3ccc(NC(=O)OC4CCOC4)c(C(=O)N(C)C)c3)cc12. The molecule has 2 N–H and O–H groups in total. The molecular formula is C27H27N5O5. The van der Waals surface area contributed by atoms with Crippen molar-refractivity contribution in [2.45, 2.75) is 12.5 Å². The van der Waals surface area contributed by atoms with E-state index in [0.29, 0.717) is 42.3 Å². The van der Waals surface area contributed by atoms with E-state index in [1.165, 1.54) is 4.90 Å². The van der Waals surface area contributed by atoms with E-state index >= 15 is 0 Å². The van der Waals surface area contributed by atoms with Crippen LogP contribution in [-0.4, -0.2) is 72.6 Å². The largest absolute Gasteiger partial charge is 0.496 e. The monoisotopic (exact) mass is 501 g/mol. The molecule has 0 radical (unpaired) electrons. The highest BCUT2D eigenvalue weighted by atomic mass is 16.6. The van der Waals surface area contributed by atoms with Gasteiger partial charge in [-0.05, 0) is 35.9 Å². The van der Waals surface area contributed by atoms with Gasteiger partial charge in [-0.1, -0.05) is 18.2 Å². The molecule has 0 saturated carbocycles. The summed E-state index contributed by atoms with van der Waals surface area (Å²) >= 11 is 0. The second-order valence-electron chi connectivity index (χ2n) is 8.87. The Morgan fingerprint density at radius 3 is 2.73 bits per heavy atom. The normalized spacial score (nSPS) is 14.9. The van der Waals surface area contributed by atoms with E-state index in [1.807, 2.05) is 36.4 Å². The van der Waals surface area contributed by atoms with Gasteiger partial charge in [0.2, 0.25) is 0 Å². The van der Waals surface area contributed by atoms with Crippen LogP contribution in [0, 0.1) is 0 Å². The van der Waals surface area contributed by atoms with Crippen LogP contribution in [-0.2, 0) is 9.47 Å². The summed E-state index contributed by atoms with van der Waals surface area (Å²) in [5.41, 5.74) is 4.44. The number of H-pyrrole nitrogens is 1. The van der Waals surface area contributed by atoms with Gasteiger partial charge in [0.15, 0.2) is 5.65 Å². The van der Waals surface area contributed by atoms with Crippen LogP contribution in [0.3, 0.4) is 0 Å². The van der Waals surface area contributed by atoms with Crippen LogP contribution in [0.1, 0.15) is 16.8 Å². The molecule has 2 aromatic heterocycles. The fraction of sp³-hybridized carbons (Fsp3) is 0.259. The molecule has 1 atom stereocenters. The van der Waals surface area contributed by atoms with Crippen LogP contribution in [0.15, 0.2) is 54.7 Å². The fourth-order valence-electron chi connectivity index (χ4n) is 4.26. The van der Waals surface area contributed by atoms with Crippen LogP contribution >= 0.6 is 0 Å². The number of rotatable bonds is 6. The van der Waals surface area contributed by atoms with E-state index in [0.717, 1.165) is 27.8 Å². The molecule has 10 nitrogen and oxygen atoms in total. The first-order valence-corrected chi connectivity index (χ1v) is 11.8. The second-order valence-corrected chi connectivity index (χ2v) is 8.87. The molecule has 1 aliphatic rings. The standard InChI is InChI=1S/C27H27N5O5/c1-32(2)26(33)20-12-16(8-9-22(20)29-27(34)37-18-10-11-36-15-18)17-13-21-24(30-31-25(21)28-14-17)19-6-4-5-7-23(19)35-3/h4-9,12-14,18H,10-11,15H2,1-3H3,(H,29,34)(H,28,30,31). The van der Waals surface area contributed by atoms with Gasteiger partial charge >= 0.3 is 6.09 Å². The minimum Gasteiger partial charge on any atom is -0.496 e. The lowest BCUT2D eigenvalue weighted by Gasteiger charge is -2.17. The Labute approximate surface area is 213 Å². The van der Waals surface area contributed by atoms with Crippen molar-refractivity contribution in [3.8, 4) is 28.1 Å². The van der Waals surface area contributed by atoms with E-state index < -0.39 is 6.09 Å². The maximum absolute atomic E-state index is 13.0. The molecule has 0 bridgehead atoms. The number of hydrogen-bond donors (Lipinski definition) is 2. The maximum atomic E-state index is 13.0. The first-order chi connectivity index (χ1) is 17.9.